The molecule has 1 aliphatic heterocycles. The third-order valence-electron chi connectivity index (χ3n) is 3.52. The molecule has 0 unspecified atom stereocenters. The molecule has 2 aromatic heterocycles. The van der Waals surface area contributed by atoms with Gasteiger partial charge in [-0.3, -0.25) is 9.78 Å². The lowest BCUT2D eigenvalue weighted by atomic mass is 10.1. The van der Waals surface area contributed by atoms with Crippen LogP contribution in [-0.2, 0) is 0 Å². The topological polar surface area (TPSA) is 71.0 Å². The molecule has 0 aromatic carbocycles. The molecule has 1 saturated heterocycles. The van der Waals surface area contributed by atoms with Gasteiger partial charge in [-0.2, -0.15) is 0 Å². The van der Waals surface area contributed by atoms with Crippen molar-refractivity contribution in [3.63, 3.8) is 0 Å². The number of carbonyl (C=O) groups is 1. The number of hydrogen-bond acceptors (Lipinski definition) is 5. The molecule has 1 aliphatic rings. The lowest BCUT2D eigenvalue weighted by molar-refractivity contribution is 0.102. The Morgan fingerprint density at radius 1 is 1.18 bits per heavy atom. The van der Waals surface area contributed by atoms with Gasteiger partial charge in [0.05, 0.1) is 11.2 Å². The maximum absolute atomic E-state index is 12.3. The van der Waals surface area contributed by atoms with E-state index in [1.54, 1.807) is 24.5 Å². The summed E-state index contributed by atoms with van der Waals surface area (Å²) in [5, 5.41) is 3.00. The third kappa shape index (κ3) is 3.33. The second-order valence-corrected chi connectivity index (χ2v) is 5.51. The predicted molar refractivity (Wildman–Crippen MR) is 85.3 cm³/mol. The summed E-state index contributed by atoms with van der Waals surface area (Å²) in [5.74, 6) is 0.209. The molecule has 0 radical (unpaired) electrons. The maximum Gasteiger partial charge on any atom is 0.276 e. The van der Waals surface area contributed by atoms with Gasteiger partial charge in [0.2, 0.25) is 5.95 Å². The Kier molecular flexibility index (Phi) is 4.48. The quantitative estimate of drug-likeness (QED) is 0.942. The molecule has 1 N–H and O–H groups in total. The molecule has 7 heteroatoms. The zero-order chi connectivity index (χ0) is 15.4. The van der Waals surface area contributed by atoms with Crippen molar-refractivity contribution in [3.05, 3.63) is 41.4 Å². The Morgan fingerprint density at radius 2 is 1.91 bits per heavy atom. The molecule has 6 nitrogen and oxygen atoms in total. The van der Waals surface area contributed by atoms with Gasteiger partial charge in [0, 0.05) is 31.2 Å². The zero-order valence-corrected chi connectivity index (χ0v) is 12.8. The highest BCUT2D eigenvalue weighted by atomic mass is 35.5. The summed E-state index contributed by atoms with van der Waals surface area (Å²) in [6.45, 7) is 1.82. The Bertz CT molecular complexity index is 658. The first-order chi connectivity index (χ1) is 10.7. The summed E-state index contributed by atoms with van der Waals surface area (Å²) < 4.78 is 0. The number of rotatable bonds is 3. The van der Waals surface area contributed by atoms with E-state index in [0.29, 0.717) is 11.6 Å². The van der Waals surface area contributed by atoms with Crippen molar-refractivity contribution in [1.82, 2.24) is 15.0 Å². The van der Waals surface area contributed by atoms with Gasteiger partial charge in [-0.05, 0) is 31.4 Å². The molecule has 0 saturated carbocycles. The Balaban J connectivity index is 1.81. The Morgan fingerprint density at radius 3 is 2.64 bits per heavy atom. The van der Waals surface area contributed by atoms with Crippen molar-refractivity contribution < 1.29 is 4.79 Å². The number of aromatic nitrogens is 3. The lowest BCUT2D eigenvalue weighted by Crippen LogP contribution is -2.31. The number of carbonyl (C=O) groups excluding carboxylic acids is 1. The monoisotopic (exact) mass is 317 g/mol. The second-order valence-electron chi connectivity index (χ2n) is 5.10. The van der Waals surface area contributed by atoms with E-state index in [0.717, 1.165) is 25.9 Å². The highest BCUT2D eigenvalue weighted by Crippen LogP contribution is 2.20. The van der Waals surface area contributed by atoms with Crippen LogP contribution in [0.5, 0.6) is 0 Å². The summed E-state index contributed by atoms with van der Waals surface area (Å²) in [6, 6.07) is 3.41. The van der Waals surface area contributed by atoms with Crippen LogP contribution in [0.4, 0.5) is 11.6 Å². The average Bonchev–Trinajstić information content (AvgIpc) is 2.57. The summed E-state index contributed by atoms with van der Waals surface area (Å²) in [5.41, 5.74) is 0.836. The third-order valence-corrected chi connectivity index (χ3v) is 3.80. The minimum atomic E-state index is -0.350. The number of amides is 1. The van der Waals surface area contributed by atoms with E-state index in [4.69, 9.17) is 11.6 Å². The van der Waals surface area contributed by atoms with Crippen LogP contribution in [0.25, 0.3) is 0 Å². The van der Waals surface area contributed by atoms with Crippen molar-refractivity contribution in [2.24, 2.45) is 0 Å². The predicted octanol–water partition coefficient (Wildman–Crippen LogP) is 2.77. The van der Waals surface area contributed by atoms with E-state index < -0.39 is 0 Å². The molecule has 22 heavy (non-hydrogen) atoms. The van der Waals surface area contributed by atoms with Gasteiger partial charge >= 0.3 is 0 Å². The molecule has 3 heterocycles. The van der Waals surface area contributed by atoms with Crippen LogP contribution >= 0.6 is 11.6 Å². The number of pyridine rings is 1. The molecule has 0 aliphatic carbocycles. The molecule has 3 rings (SSSR count). The fourth-order valence-electron chi connectivity index (χ4n) is 2.39. The summed E-state index contributed by atoms with van der Waals surface area (Å²) >= 11 is 6.08. The van der Waals surface area contributed by atoms with Gasteiger partial charge in [-0.1, -0.05) is 11.6 Å². The lowest BCUT2D eigenvalue weighted by Gasteiger charge is -2.26. The normalized spacial score (nSPS) is 14.7. The standard InChI is InChI=1S/C15H16ClN5O/c16-12-10-18-15(21-8-2-1-3-9-21)20-13(12)14(22)19-11-4-6-17-7-5-11/h4-7,10H,1-3,8-9H2,(H,17,19,22). The zero-order valence-electron chi connectivity index (χ0n) is 12.0. The molecule has 1 amide bonds. The van der Waals surface area contributed by atoms with Crippen LogP contribution in [-0.4, -0.2) is 33.9 Å². The van der Waals surface area contributed by atoms with Gasteiger partial charge < -0.3 is 10.2 Å². The van der Waals surface area contributed by atoms with Crippen LogP contribution < -0.4 is 10.2 Å². The van der Waals surface area contributed by atoms with E-state index in [-0.39, 0.29) is 16.6 Å². The fraction of sp³-hybridized carbons (Fsp3) is 0.333. The largest absolute Gasteiger partial charge is 0.341 e. The van der Waals surface area contributed by atoms with Crippen molar-refractivity contribution in [3.8, 4) is 0 Å². The Labute approximate surface area is 133 Å². The molecule has 0 atom stereocenters. The molecular formula is C15H16ClN5O. The van der Waals surface area contributed by atoms with Crippen molar-refractivity contribution in [2.45, 2.75) is 19.3 Å². The minimum absolute atomic E-state index is 0.189. The molecule has 1 fully saturated rings. The summed E-state index contributed by atoms with van der Waals surface area (Å²) in [4.78, 5) is 26.9. The number of hydrogen-bond donors (Lipinski definition) is 1. The smallest absolute Gasteiger partial charge is 0.276 e. The molecule has 0 spiro atoms. The fourth-order valence-corrected chi connectivity index (χ4v) is 2.57. The number of anilines is 2. The SMILES string of the molecule is O=C(Nc1ccncc1)c1nc(N2CCCCC2)ncc1Cl. The van der Waals surface area contributed by atoms with E-state index in [1.807, 2.05) is 0 Å². The van der Waals surface area contributed by atoms with Crippen LogP contribution in [0.3, 0.4) is 0 Å². The minimum Gasteiger partial charge on any atom is -0.341 e. The second kappa shape index (κ2) is 6.70. The highest BCUT2D eigenvalue weighted by molar-refractivity contribution is 6.34. The van der Waals surface area contributed by atoms with Crippen LogP contribution in [0, 0.1) is 0 Å². The van der Waals surface area contributed by atoms with E-state index >= 15 is 0 Å². The van der Waals surface area contributed by atoms with Gasteiger partial charge in [0.1, 0.15) is 0 Å². The summed E-state index contributed by atoms with van der Waals surface area (Å²) in [7, 11) is 0. The molecular weight excluding hydrogens is 302 g/mol. The van der Waals surface area contributed by atoms with E-state index in [1.165, 1.54) is 12.6 Å². The molecule has 2 aromatic rings. The van der Waals surface area contributed by atoms with Crippen molar-refractivity contribution in [1.29, 1.82) is 0 Å². The first-order valence-corrected chi connectivity index (χ1v) is 7.61. The van der Waals surface area contributed by atoms with Crippen molar-refractivity contribution >= 4 is 29.1 Å². The van der Waals surface area contributed by atoms with Crippen LogP contribution in [0.15, 0.2) is 30.7 Å². The van der Waals surface area contributed by atoms with E-state index in [9.17, 15) is 4.79 Å². The van der Waals surface area contributed by atoms with Gasteiger partial charge in [0.25, 0.3) is 5.91 Å². The van der Waals surface area contributed by atoms with Gasteiger partial charge in [-0.15, -0.1) is 0 Å². The summed E-state index contributed by atoms with van der Waals surface area (Å²) in [6.07, 6.45) is 8.15. The first kappa shape index (κ1) is 14.7. The first-order valence-electron chi connectivity index (χ1n) is 7.23. The number of piperidine rings is 1. The maximum atomic E-state index is 12.3. The number of nitrogens with one attached hydrogen (secondary N) is 1. The average molecular weight is 318 g/mol. The number of halogens is 1. The van der Waals surface area contributed by atoms with Gasteiger partial charge in [-0.25, -0.2) is 9.97 Å². The van der Waals surface area contributed by atoms with E-state index in [2.05, 4.69) is 25.2 Å². The van der Waals surface area contributed by atoms with Crippen molar-refractivity contribution in [2.75, 3.05) is 23.3 Å². The van der Waals surface area contributed by atoms with Gasteiger partial charge in [0.15, 0.2) is 5.69 Å². The molecule has 114 valence electrons. The molecule has 0 bridgehead atoms. The highest BCUT2D eigenvalue weighted by Gasteiger charge is 2.18. The van der Waals surface area contributed by atoms with Crippen LogP contribution in [0.1, 0.15) is 29.8 Å². The number of nitrogens with zero attached hydrogens (tertiary/aromatic N) is 4. The Hall–Kier alpha value is -2.21. The van der Waals surface area contributed by atoms with Crippen LogP contribution in [0.2, 0.25) is 5.02 Å².